The summed E-state index contributed by atoms with van der Waals surface area (Å²) in [5.41, 5.74) is 3.39. The highest BCUT2D eigenvalue weighted by Crippen LogP contribution is 2.20. The first-order valence-electron chi connectivity index (χ1n) is 5.99. The van der Waals surface area contributed by atoms with Crippen molar-refractivity contribution in [2.75, 3.05) is 25.0 Å². The molecule has 0 atom stereocenters. The predicted octanol–water partition coefficient (Wildman–Crippen LogP) is 1.66. The Balaban J connectivity index is 2.20. The van der Waals surface area contributed by atoms with Crippen molar-refractivity contribution in [1.29, 1.82) is 0 Å². The predicted molar refractivity (Wildman–Crippen MR) is 76.8 cm³/mol. The maximum absolute atomic E-state index is 5.39. The van der Waals surface area contributed by atoms with Crippen LogP contribution in [-0.2, 0) is 11.3 Å². The summed E-state index contributed by atoms with van der Waals surface area (Å²) in [5, 5.41) is 3.17. The summed E-state index contributed by atoms with van der Waals surface area (Å²) in [6.07, 6.45) is 0. The molecule has 0 saturated carbocycles. The number of hydrogen-bond donors (Lipinski definition) is 3. The van der Waals surface area contributed by atoms with Crippen molar-refractivity contribution in [2.24, 2.45) is 5.84 Å². The van der Waals surface area contributed by atoms with Crippen LogP contribution in [0.15, 0.2) is 30.3 Å². The fraction of sp³-hybridized carbons (Fsp3) is 0.231. The van der Waals surface area contributed by atoms with E-state index in [1.807, 2.05) is 24.3 Å². The molecule has 0 radical (unpaired) electrons. The van der Waals surface area contributed by atoms with E-state index in [1.54, 1.807) is 20.3 Å². The van der Waals surface area contributed by atoms with Gasteiger partial charge in [-0.05, 0) is 24.3 Å². The highest BCUT2D eigenvalue weighted by atomic mass is 16.5. The van der Waals surface area contributed by atoms with Crippen LogP contribution >= 0.6 is 0 Å². The number of benzene rings is 1. The second-order valence-corrected chi connectivity index (χ2v) is 3.99. The van der Waals surface area contributed by atoms with Crippen molar-refractivity contribution in [3.63, 3.8) is 0 Å². The van der Waals surface area contributed by atoms with E-state index in [2.05, 4.69) is 20.7 Å². The van der Waals surface area contributed by atoms with Crippen LogP contribution in [0.1, 0.15) is 5.82 Å². The molecule has 0 unspecified atom stereocenters. The summed E-state index contributed by atoms with van der Waals surface area (Å²) in [4.78, 5) is 8.51. The average Bonchev–Trinajstić information content (AvgIpc) is 2.48. The van der Waals surface area contributed by atoms with Gasteiger partial charge in [0.25, 0.3) is 0 Å². The average molecular weight is 275 g/mol. The number of hydrogen-bond acceptors (Lipinski definition) is 7. The summed E-state index contributed by atoms with van der Waals surface area (Å²) >= 11 is 0. The minimum Gasteiger partial charge on any atom is -0.497 e. The third-order valence-corrected chi connectivity index (χ3v) is 2.56. The molecule has 4 N–H and O–H groups in total. The van der Waals surface area contributed by atoms with Crippen molar-refractivity contribution in [3.05, 3.63) is 36.2 Å². The largest absolute Gasteiger partial charge is 0.497 e. The maximum atomic E-state index is 5.39. The minimum atomic E-state index is 0.312. The summed E-state index contributed by atoms with van der Waals surface area (Å²) < 4.78 is 10.1. The zero-order valence-electron chi connectivity index (χ0n) is 11.4. The van der Waals surface area contributed by atoms with Crippen LogP contribution < -0.4 is 21.3 Å². The molecule has 2 rings (SSSR count). The van der Waals surface area contributed by atoms with Crippen LogP contribution in [0.25, 0.3) is 0 Å². The minimum absolute atomic E-state index is 0.312. The number of nitrogens with one attached hydrogen (secondary N) is 2. The first-order chi connectivity index (χ1) is 9.75. The van der Waals surface area contributed by atoms with Crippen LogP contribution in [0.5, 0.6) is 5.75 Å². The molecule has 2 aromatic rings. The molecule has 1 aromatic carbocycles. The summed E-state index contributed by atoms with van der Waals surface area (Å²) in [6.45, 7) is 0.312. The quantitative estimate of drug-likeness (QED) is 0.545. The molecular weight excluding hydrogens is 258 g/mol. The Morgan fingerprint density at radius 1 is 1.10 bits per heavy atom. The maximum Gasteiger partial charge on any atom is 0.158 e. The Kier molecular flexibility index (Phi) is 4.70. The van der Waals surface area contributed by atoms with Gasteiger partial charge in [0.1, 0.15) is 24.0 Å². The number of hydrazine groups is 1. The molecule has 0 aliphatic carbocycles. The van der Waals surface area contributed by atoms with Crippen LogP contribution in [0.4, 0.5) is 17.3 Å². The number of nitrogens with two attached hydrogens (primary N) is 1. The fourth-order valence-electron chi connectivity index (χ4n) is 1.65. The Labute approximate surface area is 117 Å². The van der Waals surface area contributed by atoms with E-state index >= 15 is 0 Å². The van der Waals surface area contributed by atoms with Crippen LogP contribution in [0, 0.1) is 0 Å². The number of aromatic nitrogens is 2. The molecule has 20 heavy (non-hydrogen) atoms. The smallest absolute Gasteiger partial charge is 0.158 e. The van der Waals surface area contributed by atoms with E-state index in [-0.39, 0.29) is 0 Å². The van der Waals surface area contributed by atoms with Gasteiger partial charge in [0, 0.05) is 18.9 Å². The van der Waals surface area contributed by atoms with Gasteiger partial charge >= 0.3 is 0 Å². The number of rotatable bonds is 6. The monoisotopic (exact) mass is 275 g/mol. The summed E-state index contributed by atoms with van der Waals surface area (Å²) in [6, 6.07) is 9.23. The second kappa shape index (κ2) is 6.69. The SMILES string of the molecule is COCc1nc(NN)cc(Nc2ccc(OC)cc2)n1. The van der Waals surface area contributed by atoms with Crippen LogP contribution in [0.2, 0.25) is 0 Å². The third kappa shape index (κ3) is 3.56. The molecule has 0 saturated heterocycles. The van der Waals surface area contributed by atoms with Gasteiger partial charge in [0.05, 0.1) is 7.11 Å². The number of nitrogen functional groups attached to an aromatic ring is 1. The Bertz CT molecular complexity index is 559. The van der Waals surface area contributed by atoms with E-state index in [1.165, 1.54) is 0 Å². The van der Waals surface area contributed by atoms with Crippen molar-refractivity contribution < 1.29 is 9.47 Å². The summed E-state index contributed by atoms with van der Waals surface area (Å²) in [5.74, 6) is 7.87. The highest BCUT2D eigenvalue weighted by molar-refractivity contribution is 5.59. The lowest BCUT2D eigenvalue weighted by molar-refractivity contribution is 0.178. The second-order valence-electron chi connectivity index (χ2n) is 3.99. The van der Waals surface area contributed by atoms with Gasteiger partial charge < -0.3 is 20.2 Å². The van der Waals surface area contributed by atoms with Gasteiger partial charge in [0.15, 0.2) is 5.82 Å². The number of ether oxygens (including phenoxy) is 2. The van der Waals surface area contributed by atoms with E-state index in [0.717, 1.165) is 11.4 Å². The fourth-order valence-corrected chi connectivity index (χ4v) is 1.65. The molecule has 0 aliphatic rings. The lowest BCUT2D eigenvalue weighted by Gasteiger charge is -2.10. The van der Waals surface area contributed by atoms with Gasteiger partial charge in [-0.1, -0.05) is 0 Å². The molecule has 0 fully saturated rings. The molecule has 0 spiro atoms. The molecule has 0 aliphatic heterocycles. The first-order valence-corrected chi connectivity index (χ1v) is 5.99. The van der Waals surface area contributed by atoms with Gasteiger partial charge in [-0.2, -0.15) is 0 Å². The van der Waals surface area contributed by atoms with E-state index in [0.29, 0.717) is 24.1 Å². The van der Waals surface area contributed by atoms with E-state index < -0.39 is 0 Å². The first kappa shape index (κ1) is 14.0. The van der Waals surface area contributed by atoms with Gasteiger partial charge in [-0.15, -0.1) is 0 Å². The Hall–Kier alpha value is -2.38. The lowest BCUT2D eigenvalue weighted by Crippen LogP contribution is -2.11. The van der Waals surface area contributed by atoms with Crippen molar-refractivity contribution >= 4 is 17.3 Å². The number of nitrogens with zero attached hydrogens (tertiary/aromatic N) is 2. The van der Waals surface area contributed by atoms with Crippen molar-refractivity contribution in [3.8, 4) is 5.75 Å². The number of methoxy groups -OCH3 is 2. The standard InChI is InChI=1S/C13H17N5O2/c1-19-8-13-16-11(7-12(17-13)18-14)15-9-3-5-10(20-2)6-4-9/h3-7H,8,14H2,1-2H3,(H2,15,16,17,18). The Morgan fingerprint density at radius 3 is 2.40 bits per heavy atom. The molecule has 1 aromatic heterocycles. The molecule has 7 heteroatoms. The zero-order valence-corrected chi connectivity index (χ0v) is 11.4. The van der Waals surface area contributed by atoms with Crippen LogP contribution in [-0.4, -0.2) is 24.2 Å². The topological polar surface area (TPSA) is 94.3 Å². The van der Waals surface area contributed by atoms with Crippen LogP contribution in [0.3, 0.4) is 0 Å². The summed E-state index contributed by atoms with van der Waals surface area (Å²) in [7, 11) is 3.21. The molecule has 1 heterocycles. The van der Waals surface area contributed by atoms with Gasteiger partial charge in [-0.3, -0.25) is 0 Å². The molecule has 106 valence electrons. The number of anilines is 3. The third-order valence-electron chi connectivity index (χ3n) is 2.56. The van der Waals surface area contributed by atoms with E-state index in [4.69, 9.17) is 15.3 Å². The molecule has 0 bridgehead atoms. The molecule has 7 nitrogen and oxygen atoms in total. The van der Waals surface area contributed by atoms with Gasteiger partial charge in [0.2, 0.25) is 0 Å². The lowest BCUT2D eigenvalue weighted by atomic mass is 10.3. The normalized spacial score (nSPS) is 10.2. The van der Waals surface area contributed by atoms with E-state index in [9.17, 15) is 0 Å². The molecular formula is C13H17N5O2. The van der Waals surface area contributed by atoms with Crippen molar-refractivity contribution in [2.45, 2.75) is 6.61 Å². The van der Waals surface area contributed by atoms with Crippen molar-refractivity contribution in [1.82, 2.24) is 9.97 Å². The highest BCUT2D eigenvalue weighted by Gasteiger charge is 2.04. The molecule has 0 amide bonds. The zero-order chi connectivity index (χ0) is 14.4. The van der Waals surface area contributed by atoms with Gasteiger partial charge in [-0.25, -0.2) is 15.8 Å². The Morgan fingerprint density at radius 2 is 1.80 bits per heavy atom.